The molecule has 0 aliphatic rings. The molecule has 0 saturated heterocycles. The van der Waals surface area contributed by atoms with Crippen molar-refractivity contribution in [3.8, 4) is 22.5 Å². The normalized spacial score (nSPS) is 11.7. The van der Waals surface area contributed by atoms with E-state index in [1.807, 2.05) is 25.1 Å². The van der Waals surface area contributed by atoms with Crippen LogP contribution in [0.5, 0.6) is 0 Å². The fraction of sp³-hybridized carbons (Fsp3) is 0.238. The van der Waals surface area contributed by atoms with E-state index in [1.165, 1.54) is 12.1 Å². The minimum absolute atomic E-state index is 0.264. The fourth-order valence-electron chi connectivity index (χ4n) is 2.85. The number of pyridine rings is 1. The lowest BCUT2D eigenvalue weighted by Gasteiger charge is -2.10. The second-order valence-corrected chi connectivity index (χ2v) is 6.85. The maximum atomic E-state index is 12.8. The zero-order valence-electron chi connectivity index (χ0n) is 16.0. The Morgan fingerprint density at radius 2 is 1.86 bits per heavy atom. The highest BCUT2D eigenvalue weighted by Crippen LogP contribution is 2.32. The summed E-state index contributed by atoms with van der Waals surface area (Å²) in [5, 5.41) is 2.86. The highest BCUT2D eigenvalue weighted by atomic mass is 19.4. The predicted molar refractivity (Wildman–Crippen MR) is 105 cm³/mol. The van der Waals surface area contributed by atoms with Crippen molar-refractivity contribution >= 4 is 5.91 Å². The zero-order valence-corrected chi connectivity index (χ0v) is 16.0. The van der Waals surface area contributed by atoms with Gasteiger partial charge in [-0.1, -0.05) is 12.1 Å². The highest BCUT2D eigenvalue weighted by molar-refractivity contribution is 6.01. The minimum Gasteiger partial charge on any atom is -0.354 e. The van der Waals surface area contributed by atoms with E-state index < -0.39 is 11.7 Å². The number of hydrogen-bond acceptors (Lipinski definition) is 3. The average Bonchev–Trinajstić information content (AvgIpc) is 3.13. The first-order valence-electron chi connectivity index (χ1n) is 8.99. The molecule has 0 aliphatic heterocycles. The van der Waals surface area contributed by atoms with Gasteiger partial charge < -0.3 is 15.2 Å². The van der Waals surface area contributed by atoms with E-state index in [4.69, 9.17) is 0 Å². The smallest absolute Gasteiger partial charge is 0.354 e. The molecule has 0 saturated carbocycles. The van der Waals surface area contributed by atoms with Crippen LogP contribution in [0, 0.1) is 0 Å². The van der Waals surface area contributed by atoms with Crippen LogP contribution in [0.1, 0.15) is 15.9 Å². The van der Waals surface area contributed by atoms with Gasteiger partial charge in [-0.15, -0.1) is 0 Å². The van der Waals surface area contributed by atoms with Gasteiger partial charge in [0.2, 0.25) is 0 Å². The number of H-pyrrole nitrogens is 1. The topological polar surface area (TPSA) is 61.0 Å². The summed E-state index contributed by atoms with van der Waals surface area (Å²) in [6, 6.07) is 10.0. The van der Waals surface area contributed by atoms with E-state index in [2.05, 4.69) is 15.3 Å². The van der Waals surface area contributed by atoms with Gasteiger partial charge in [-0.25, -0.2) is 0 Å². The summed E-state index contributed by atoms with van der Waals surface area (Å²) >= 11 is 0. The quantitative estimate of drug-likeness (QED) is 0.654. The van der Waals surface area contributed by atoms with Crippen molar-refractivity contribution in [2.24, 2.45) is 0 Å². The lowest BCUT2D eigenvalue weighted by molar-refractivity contribution is -0.137. The Morgan fingerprint density at radius 3 is 2.45 bits per heavy atom. The zero-order chi connectivity index (χ0) is 21.0. The van der Waals surface area contributed by atoms with Crippen molar-refractivity contribution in [2.75, 3.05) is 27.2 Å². The number of amides is 1. The lowest BCUT2D eigenvalue weighted by atomic mass is 10.1. The lowest BCUT2D eigenvalue weighted by Crippen LogP contribution is -2.31. The van der Waals surface area contributed by atoms with E-state index in [0.717, 1.165) is 12.1 Å². The average molecular weight is 402 g/mol. The van der Waals surface area contributed by atoms with E-state index in [9.17, 15) is 18.0 Å². The van der Waals surface area contributed by atoms with Gasteiger partial charge in [0.05, 0.1) is 16.8 Å². The van der Waals surface area contributed by atoms with Crippen LogP contribution >= 0.6 is 0 Å². The summed E-state index contributed by atoms with van der Waals surface area (Å²) in [4.78, 5) is 21.9. The summed E-state index contributed by atoms with van der Waals surface area (Å²) in [7, 11) is 3.82. The number of nitrogens with one attached hydrogen (secondary N) is 2. The number of carbonyl (C=O) groups excluding carboxylic acids is 1. The van der Waals surface area contributed by atoms with Crippen LogP contribution in [0.15, 0.2) is 54.9 Å². The molecule has 1 aromatic carbocycles. The van der Waals surface area contributed by atoms with E-state index >= 15 is 0 Å². The molecule has 3 aromatic rings. The monoisotopic (exact) mass is 402 g/mol. The highest BCUT2D eigenvalue weighted by Gasteiger charge is 2.30. The Kier molecular flexibility index (Phi) is 6.03. The molecule has 0 unspecified atom stereocenters. The Bertz CT molecular complexity index is 964. The predicted octanol–water partition coefficient (Wildman–Crippen LogP) is 4.05. The molecular weight excluding hydrogens is 381 g/mol. The van der Waals surface area contributed by atoms with Crippen LogP contribution in [0.25, 0.3) is 22.5 Å². The second-order valence-electron chi connectivity index (χ2n) is 6.85. The Hall–Kier alpha value is -3.13. The first-order valence-corrected chi connectivity index (χ1v) is 8.99. The van der Waals surface area contributed by atoms with E-state index in [-0.39, 0.29) is 5.91 Å². The maximum Gasteiger partial charge on any atom is 0.416 e. The van der Waals surface area contributed by atoms with Gasteiger partial charge in [-0.3, -0.25) is 9.78 Å². The number of benzene rings is 1. The van der Waals surface area contributed by atoms with Crippen LogP contribution in [0.2, 0.25) is 0 Å². The second kappa shape index (κ2) is 8.48. The molecule has 2 heterocycles. The number of hydrogen-bond donors (Lipinski definition) is 2. The summed E-state index contributed by atoms with van der Waals surface area (Å²) in [6.45, 7) is 1.16. The Labute approximate surface area is 166 Å². The third-order valence-electron chi connectivity index (χ3n) is 4.38. The molecule has 3 rings (SSSR count). The molecule has 0 spiro atoms. The molecule has 8 heteroatoms. The standard InChI is InChI=1S/C21H21F3N4O/c1-28(2)11-10-26-20(29)17-12-18(27-19(17)15-4-3-9-25-13-15)14-5-7-16(8-6-14)21(22,23)24/h3-9,12-13,27H,10-11H2,1-2H3,(H,26,29). The molecule has 1 amide bonds. The molecule has 0 radical (unpaired) electrons. The van der Waals surface area contributed by atoms with Crippen molar-refractivity contribution in [3.63, 3.8) is 0 Å². The number of rotatable bonds is 6. The van der Waals surface area contributed by atoms with Crippen molar-refractivity contribution < 1.29 is 18.0 Å². The van der Waals surface area contributed by atoms with Crippen molar-refractivity contribution in [1.82, 2.24) is 20.2 Å². The number of nitrogens with zero attached hydrogens (tertiary/aromatic N) is 2. The molecule has 0 fully saturated rings. The third-order valence-corrected chi connectivity index (χ3v) is 4.38. The summed E-state index contributed by atoms with van der Waals surface area (Å²) < 4.78 is 38.5. The van der Waals surface area contributed by atoms with Crippen molar-refractivity contribution in [3.05, 3.63) is 66.0 Å². The molecule has 152 valence electrons. The Morgan fingerprint density at radius 1 is 1.14 bits per heavy atom. The van der Waals surface area contributed by atoms with Gasteiger partial charge in [0.25, 0.3) is 5.91 Å². The number of carbonyl (C=O) groups is 1. The minimum atomic E-state index is -4.40. The first-order chi connectivity index (χ1) is 13.8. The van der Waals surface area contributed by atoms with Gasteiger partial charge in [-0.05, 0) is 50.0 Å². The molecule has 2 aromatic heterocycles. The summed E-state index contributed by atoms with van der Waals surface area (Å²) in [6.07, 6.45) is -1.15. The number of halogens is 3. The van der Waals surface area contributed by atoms with Crippen molar-refractivity contribution in [1.29, 1.82) is 0 Å². The van der Waals surface area contributed by atoms with Gasteiger partial charge in [0.1, 0.15) is 0 Å². The first kappa shape index (κ1) is 20.6. The number of aromatic nitrogens is 2. The molecule has 29 heavy (non-hydrogen) atoms. The molecule has 0 bridgehead atoms. The summed E-state index contributed by atoms with van der Waals surface area (Å²) in [5.41, 5.74) is 2.07. The van der Waals surface area contributed by atoms with Gasteiger partial charge in [0, 0.05) is 36.7 Å². The molecule has 0 aliphatic carbocycles. The molecule has 5 nitrogen and oxygen atoms in total. The molecular formula is C21H21F3N4O. The third kappa shape index (κ3) is 5.03. The van der Waals surface area contributed by atoms with E-state index in [0.29, 0.717) is 41.2 Å². The maximum absolute atomic E-state index is 12.8. The van der Waals surface area contributed by atoms with Crippen LogP contribution < -0.4 is 5.32 Å². The van der Waals surface area contributed by atoms with Crippen LogP contribution in [-0.2, 0) is 6.18 Å². The van der Waals surface area contributed by atoms with Crippen LogP contribution in [0.3, 0.4) is 0 Å². The molecule has 0 atom stereocenters. The van der Waals surface area contributed by atoms with Gasteiger partial charge in [0.15, 0.2) is 0 Å². The van der Waals surface area contributed by atoms with Crippen molar-refractivity contribution in [2.45, 2.75) is 6.18 Å². The number of alkyl halides is 3. The SMILES string of the molecule is CN(C)CCNC(=O)c1cc(-c2ccc(C(F)(F)F)cc2)[nH]c1-c1cccnc1. The summed E-state index contributed by atoms with van der Waals surface area (Å²) in [5.74, 6) is -0.264. The van der Waals surface area contributed by atoms with Gasteiger partial charge >= 0.3 is 6.18 Å². The number of likely N-dealkylation sites (N-methyl/N-ethyl adjacent to an activating group) is 1. The van der Waals surface area contributed by atoms with E-state index in [1.54, 1.807) is 24.5 Å². The van der Waals surface area contributed by atoms with Gasteiger partial charge in [-0.2, -0.15) is 13.2 Å². The Balaban J connectivity index is 1.95. The fourth-order valence-corrected chi connectivity index (χ4v) is 2.85. The number of aromatic amines is 1. The molecule has 2 N–H and O–H groups in total. The van der Waals surface area contributed by atoms with Crippen LogP contribution in [0.4, 0.5) is 13.2 Å². The van der Waals surface area contributed by atoms with Crippen LogP contribution in [-0.4, -0.2) is 48.0 Å². The largest absolute Gasteiger partial charge is 0.416 e.